The first-order valence-corrected chi connectivity index (χ1v) is 4.63. The van der Waals surface area contributed by atoms with Crippen molar-refractivity contribution in [2.45, 2.75) is 6.92 Å². The van der Waals surface area contributed by atoms with Gasteiger partial charge < -0.3 is 0 Å². The molecule has 0 atom stereocenters. The average Bonchev–Trinajstić information content (AvgIpc) is 2.56. The molecule has 0 N–H and O–H groups in total. The van der Waals surface area contributed by atoms with Gasteiger partial charge in [-0.15, -0.1) is 10.2 Å². The van der Waals surface area contributed by atoms with Crippen LogP contribution in [0.2, 0.25) is 10.3 Å². The van der Waals surface area contributed by atoms with Crippen molar-refractivity contribution in [2.24, 2.45) is 0 Å². The predicted octanol–water partition coefficient (Wildman–Crippen LogP) is 2.28. The van der Waals surface area contributed by atoms with E-state index in [1.807, 2.05) is 13.1 Å². The second-order valence-electron chi connectivity index (χ2n) is 2.81. The van der Waals surface area contributed by atoms with E-state index in [1.54, 1.807) is 16.9 Å². The molecule has 0 aliphatic rings. The quantitative estimate of drug-likeness (QED) is 0.753. The summed E-state index contributed by atoms with van der Waals surface area (Å²) in [6, 6.07) is 1.61. The fourth-order valence-corrected chi connectivity index (χ4v) is 1.37. The van der Waals surface area contributed by atoms with Gasteiger partial charge in [0.05, 0.1) is 6.20 Å². The van der Waals surface area contributed by atoms with Gasteiger partial charge in [0.15, 0.2) is 10.3 Å². The van der Waals surface area contributed by atoms with E-state index < -0.39 is 0 Å². The monoisotopic (exact) mass is 228 g/mol. The Morgan fingerprint density at radius 3 is 2.71 bits per heavy atom. The van der Waals surface area contributed by atoms with E-state index in [1.165, 1.54) is 0 Å². The number of nitrogens with zero attached hydrogens (tertiary/aromatic N) is 4. The maximum Gasteiger partial charge on any atom is 0.177 e. The van der Waals surface area contributed by atoms with Crippen molar-refractivity contribution < 1.29 is 0 Å². The lowest BCUT2D eigenvalue weighted by atomic mass is 10.4. The SMILES string of the molecule is Cc1cnn(-c2cc(Cl)nnc2Cl)c1. The molecule has 0 fully saturated rings. The molecule has 72 valence electrons. The summed E-state index contributed by atoms with van der Waals surface area (Å²) in [5.74, 6) is 0. The predicted molar refractivity (Wildman–Crippen MR) is 53.9 cm³/mol. The van der Waals surface area contributed by atoms with Gasteiger partial charge in [-0.2, -0.15) is 5.10 Å². The number of aromatic nitrogens is 4. The fourth-order valence-electron chi connectivity index (χ4n) is 1.05. The van der Waals surface area contributed by atoms with Crippen molar-refractivity contribution in [2.75, 3.05) is 0 Å². The van der Waals surface area contributed by atoms with Gasteiger partial charge in [0.25, 0.3) is 0 Å². The van der Waals surface area contributed by atoms with Crippen LogP contribution in [-0.2, 0) is 0 Å². The summed E-state index contributed by atoms with van der Waals surface area (Å²) in [5.41, 5.74) is 1.66. The highest BCUT2D eigenvalue weighted by atomic mass is 35.5. The molecule has 2 aromatic heterocycles. The Morgan fingerprint density at radius 2 is 2.07 bits per heavy atom. The standard InChI is InChI=1S/C8H6Cl2N4/c1-5-3-11-14(4-5)6-2-7(9)12-13-8(6)10/h2-4H,1H3. The Bertz CT molecular complexity index is 466. The second-order valence-corrected chi connectivity index (χ2v) is 3.55. The summed E-state index contributed by atoms with van der Waals surface area (Å²) in [6.07, 6.45) is 3.56. The lowest BCUT2D eigenvalue weighted by Crippen LogP contribution is -1.98. The molecular formula is C8H6Cl2N4. The summed E-state index contributed by atoms with van der Waals surface area (Å²) in [4.78, 5) is 0. The van der Waals surface area contributed by atoms with Crippen LogP contribution in [0, 0.1) is 6.92 Å². The Morgan fingerprint density at radius 1 is 1.29 bits per heavy atom. The molecule has 4 nitrogen and oxygen atoms in total. The van der Waals surface area contributed by atoms with E-state index in [9.17, 15) is 0 Å². The lowest BCUT2D eigenvalue weighted by Gasteiger charge is -2.01. The first-order chi connectivity index (χ1) is 6.66. The van der Waals surface area contributed by atoms with Crippen molar-refractivity contribution in [1.82, 2.24) is 20.0 Å². The zero-order valence-electron chi connectivity index (χ0n) is 7.28. The smallest absolute Gasteiger partial charge is 0.177 e. The molecule has 0 radical (unpaired) electrons. The van der Waals surface area contributed by atoms with Crippen LogP contribution in [0.3, 0.4) is 0 Å². The molecule has 0 aliphatic heterocycles. The Balaban J connectivity index is 2.55. The first-order valence-electron chi connectivity index (χ1n) is 3.87. The lowest BCUT2D eigenvalue weighted by molar-refractivity contribution is 0.859. The minimum Gasteiger partial charge on any atom is -0.237 e. The van der Waals surface area contributed by atoms with Crippen LogP contribution < -0.4 is 0 Å². The van der Waals surface area contributed by atoms with E-state index in [0.717, 1.165) is 5.56 Å². The van der Waals surface area contributed by atoms with Gasteiger partial charge in [-0.25, -0.2) is 4.68 Å². The summed E-state index contributed by atoms with van der Waals surface area (Å²) in [5, 5.41) is 12.0. The third-order valence-corrected chi connectivity index (χ3v) is 2.11. The largest absolute Gasteiger partial charge is 0.237 e. The number of halogens is 2. The molecule has 14 heavy (non-hydrogen) atoms. The highest BCUT2D eigenvalue weighted by Gasteiger charge is 2.06. The molecule has 0 spiro atoms. The summed E-state index contributed by atoms with van der Waals surface area (Å²) in [6.45, 7) is 1.94. The Labute approximate surface area is 90.5 Å². The molecule has 0 unspecified atom stereocenters. The minimum absolute atomic E-state index is 0.275. The molecule has 0 aliphatic carbocycles. The Kier molecular flexibility index (Phi) is 2.39. The van der Waals surface area contributed by atoms with Crippen molar-refractivity contribution >= 4 is 23.2 Å². The van der Waals surface area contributed by atoms with Crippen LogP contribution in [-0.4, -0.2) is 20.0 Å². The third kappa shape index (κ3) is 1.71. The van der Waals surface area contributed by atoms with E-state index >= 15 is 0 Å². The van der Waals surface area contributed by atoms with E-state index in [0.29, 0.717) is 5.69 Å². The van der Waals surface area contributed by atoms with Gasteiger partial charge in [0.1, 0.15) is 5.69 Å². The topological polar surface area (TPSA) is 43.6 Å². The molecule has 0 amide bonds. The van der Waals surface area contributed by atoms with Crippen LogP contribution in [0.25, 0.3) is 5.69 Å². The maximum atomic E-state index is 5.85. The number of hydrogen-bond donors (Lipinski definition) is 0. The zero-order valence-corrected chi connectivity index (χ0v) is 8.79. The van der Waals surface area contributed by atoms with Crippen molar-refractivity contribution in [3.8, 4) is 5.69 Å². The highest BCUT2D eigenvalue weighted by molar-refractivity contribution is 6.32. The second kappa shape index (κ2) is 3.55. The zero-order chi connectivity index (χ0) is 10.1. The summed E-state index contributed by atoms with van der Waals surface area (Å²) in [7, 11) is 0. The van der Waals surface area contributed by atoms with Crippen LogP contribution in [0.1, 0.15) is 5.56 Å². The average molecular weight is 229 g/mol. The molecule has 2 aromatic rings. The molecule has 0 saturated heterocycles. The van der Waals surface area contributed by atoms with Gasteiger partial charge >= 0.3 is 0 Å². The van der Waals surface area contributed by atoms with Gasteiger partial charge in [-0.3, -0.25) is 0 Å². The third-order valence-electron chi connectivity index (χ3n) is 1.66. The van der Waals surface area contributed by atoms with E-state index in [2.05, 4.69) is 15.3 Å². The van der Waals surface area contributed by atoms with Gasteiger partial charge in [0.2, 0.25) is 0 Å². The fraction of sp³-hybridized carbons (Fsp3) is 0.125. The highest BCUT2D eigenvalue weighted by Crippen LogP contribution is 2.19. The molecule has 0 bridgehead atoms. The number of hydrogen-bond acceptors (Lipinski definition) is 3. The van der Waals surface area contributed by atoms with Gasteiger partial charge in [-0.05, 0) is 12.5 Å². The van der Waals surface area contributed by atoms with Gasteiger partial charge in [-0.1, -0.05) is 23.2 Å². The molecular weight excluding hydrogens is 223 g/mol. The van der Waals surface area contributed by atoms with Crippen molar-refractivity contribution in [1.29, 1.82) is 0 Å². The normalized spacial score (nSPS) is 10.5. The van der Waals surface area contributed by atoms with E-state index in [4.69, 9.17) is 23.2 Å². The van der Waals surface area contributed by atoms with Crippen molar-refractivity contribution in [3.63, 3.8) is 0 Å². The molecule has 2 rings (SSSR count). The Hall–Kier alpha value is -1.13. The number of rotatable bonds is 1. The maximum absolute atomic E-state index is 5.85. The summed E-state index contributed by atoms with van der Waals surface area (Å²) >= 11 is 11.5. The molecule has 6 heteroatoms. The van der Waals surface area contributed by atoms with Crippen molar-refractivity contribution in [3.05, 3.63) is 34.3 Å². The first kappa shape index (κ1) is 9.43. The van der Waals surface area contributed by atoms with E-state index in [-0.39, 0.29) is 10.3 Å². The molecule has 0 aromatic carbocycles. The summed E-state index contributed by atoms with van der Waals surface area (Å²) < 4.78 is 1.61. The number of aryl methyl sites for hydroxylation is 1. The molecule has 0 saturated carbocycles. The molecule has 2 heterocycles. The minimum atomic E-state index is 0.275. The van der Waals surface area contributed by atoms with Crippen LogP contribution >= 0.6 is 23.2 Å². The van der Waals surface area contributed by atoms with Crippen LogP contribution in [0.15, 0.2) is 18.5 Å². The van der Waals surface area contributed by atoms with Crippen LogP contribution in [0.4, 0.5) is 0 Å². The van der Waals surface area contributed by atoms with Gasteiger partial charge in [0, 0.05) is 12.3 Å². The van der Waals surface area contributed by atoms with Crippen LogP contribution in [0.5, 0.6) is 0 Å².